The van der Waals surface area contributed by atoms with Crippen molar-refractivity contribution in [2.75, 3.05) is 4.90 Å². The fourth-order valence-corrected chi connectivity index (χ4v) is 4.25. The number of allylic oxidation sites excluding steroid dienone is 2. The zero-order valence-corrected chi connectivity index (χ0v) is 12.7. The molecule has 2 aromatic carbocycles. The Morgan fingerprint density at radius 3 is 2.55 bits per heavy atom. The summed E-state index contributed by atoms with van der Waals surface area (Å²) in [4.78, 5) is 3.67. The summed E-state index contributed by atoms with van der Waals surface area (Å²) < 4.78 is 0. The molecule has 0 saturated carbocycles. The summed E-state index contributed by atoms with van der Waals surface area (Å²) in [7, 11) is 0. The lowest BCUT2D eigenvalue weighted by atomic mass is 10.0. The highest BCUT2D eigenvalue weighted by Gasteiger charge is 2.33. The lowest BCUT2D eigenvalue weighted by molar-refractivity contribution is 0.778. The molecule has 0 bridgehead atoms. The summed E-state index contributed by atoms with van der Waals surface area (Å²) in [6, 6.07) is 18.9. The standard InChI is InChI=1S/C19H14N2S/c20-13-14-9-11-15(12-10-14)21-16-5-1-3-7-18(16)22-19-8-4-2-6-17(19)21/h1-12,16,18H. The topological polar surface area (TPSA) is 27.0 Å². The van der Waals surface area contributed by atoms with Gasteiger partial charge in [-0.2, -0.15) is 5.26 Å². The van der Waals surface area contributed by atoms with Gasteiger partial charge in [-0.1, -0.05) is 36.4 Å². The first-order valence-electron chi connectivity index (χ1n) is 7.27. The molecule has 2 aliphatic rings. The van der Waals surface area contributed by atoms with Crippen LogP contribution in [0.2, 0.25) is 0 Å². The van der Waals surface area contributed by atoms with Crippen LogP contribution in [0.4, 0.5) is 11.4 Å². The highest BCUT2D eigenvalue weighted by molar-refractivity contribution is 8.00. The van der Waals surface area contributed by atoms with Gasteiger partial charge < -0.3 is 4.90 Å². The second-order valence-corrected chi connectivity index (χ2v) is 6.56. The van der Waals surface area contributed by atoms with Crippen molar-refractivity contribution >= 4 is 23.1 Å². The minimum Gasteiger partial charge on any atom is -0.332 e. The average molecular weight is 302 g/mol. The summed E-state index contributed by atoms with van der Waals surface area (Å²) >= 11 is 1.91. The molecule has 1 heterocycles. The van der Waals surface area contributed by atoms with E-state index in [1.54, 1.807) is 0 Å². The molecule has 106 valence electrons. The summed E-state index contributed by atoms with van der Waals surface area (Å²) in [6.07, 6.45) is 8.76. The molecule has 0 fully saturated rings. The van der Waals surface area contributed by atoms with E-state index >= 15 is 0 Å². The number of hydrogen-bond acceptors (Lipinski definition) is 3. The fraction of sp³-hybridized carbons (Fsp3) is 0.105. The number of para-hydroxylation sites is 1. The first-order chi connectivity index (χ1) is 10.9. The van der Waals surface area contributed by atoms with Crippen LogP contribution in [-0.4, -0.2) is 11.3 Å². The van der Waals surface area contributed by atoms with E-state index in [4.69, 9.17) is 5.26 Å². The number of nitrogens with zero attached hydrogens (tertiary/aromatic N) is 2. The van der Waals surface area contributed by atoms with Crippen molar-refractivity contribution < 1.29 is 0 Å². The number of thioether (sulfide) groups is 1. The van der Waals surface area contributed by atoms with Crippen LogP contribution < -0.4 is 4.90 Å². The van der Waals surface area contributed by atoms with Crippen LogP contribution in [0.3, 0.4) is 0 Å². The van der Waals surface area contributed by atoms with Gasteiger partial charge in [0.05, 0.1) is 28.6 Å². The highest BCUT2D eigenvalue weighted by Crippen LogP contribution is 2.46. The monoisotopic (exact) mass is 302 g/mol. The summed E-state index contributed by atoms with van der Waals surface area (Å²) in [5.41, 5.74) is 3.05. The summed E-state index contributed by atoms with van der Waals surface area (Å²) in [5, 5.41) is 9.41. The SMILES string of the molecule is N#Cc1ccc(N2c3ccccc3SC3C=CC=CC32)cc1. The van der Waals surface area contributed by atoms with Crippen molar-refractivity contribution in [2.45, 2.75) is 16.2 Å². The second kappa shape index (κ2) is 5.40. The Kier molecular flexibility index (Phi) is 3.25. The molecule has 1 aliphatic carbocycles. The van der Waals surface area contributed by atoms with E-state index in [2.05, 4.69) is 59.5 Å². The van der Waals surface area contributed by atoms with Crippen LogP contribution in [0.25, 0.3) is 0 Å². The third kappa shape index (κ3) is 2.13. The van der Waals surface area contributed by atoms with Crippen molar-refractivity contribution in [3.63, 3.8) is 0 Å². The molecule has 0 radical (unpaired) electrons. The van der Waals surface area contributed by atoms with Gasteiger partial charge >= 0.3 is 0 Å². The molecule has 2 unspecified atom stereocenters. The van der Waals surface area contributed by atoms with E-state index in [1.165, 1.54) is 10.6 Å². The van der Waals surface area contributed by atoms with Crippen LogP contribution in [0.15, 0.2) is 77.7 Å². The predicted octanol–water partition coefficient (Wildman–Crippen LogP) is 4.67. The molecule has 2 nitrogen and oxygen atoms in total. The van der Waals surface area contributed by atoms with Gasteiger partial charge in [0.25, 0.3) is 0 Å². The van der Waals surface area contributed by atoms with E-state index in [1.807, 2.05) is 36.0 Å². The Hall–Kier alpha value is -2.44. The lowest BCUT2D eigenvalue weighted by Crippen LogP contribution is -2.40. The van der Waals surface area contributed by atoms with Crippen molar-refractivity contribution in [3.05, 3.63) is 78.4 Å². The molecule has 0 saturated heterocycles. The summed E-state index contributed by atoms with van der Waals surface area (Å²) in [6.45, 7) is 0. The van der Waals surface area contributed by atoms with Crippen molar-refractivity contribution in [1.29, 1.82) is 5.26 Å². The fourth-order valence-electron chi connectivity index (χ4n) is 2.99. The van der Waals surface area contributed by atoms with Crippen LogP contribution in [0.5, 0.6) is 0 Å². The maximum Gasteiger partial charge on any atom is 0.0991 e. The second-order valence-electron chi connectivity index (χ2n) is 5.34. The molecular formula is C19H14N2S. The molecule has 2 aromatic rings. The van der Waals surface area contributed by atoms with Crippen LogP contribution >= 0.6 is 11.8 Å². The number of hydrogen-bond donors (Lipinski definition) is 0. The summed E-state index contributed by atoms with van der Waals surface area (Å²) in [5.74, 6) is 0. The van der Waals surface area contributed by atoms with Gasteiger partial charge in [0.2, 0.25) is 0 Å². The minimum atomic E-state index is 0.304. The normalized spacial score (nSPS) is 21.9. The van der Waals surface area contributed by atoms with Gasteiger partial charge in [-0.05, 0) is 36.4 Å². The Balaban J connectivity index is 1.85. The van der Waals surface area contributed by atoms with Gasteiger partial charge in [-0.3, -0.25) is 0 Å². The predicted molar refractivity (Wildman–Crippen MR) is 91.5 cm³/mol. The molecule has 0 spiro atoms. The van der Waals surface area contributed by atoms with Crippen molar-refractivity contribution in [1.82, 2.24) is 0 Å². The Morgan fingerprint density at radius 2 is 1.73 bits per heavy atom. The van der Waals surface area contributed by atoms with E-state index in [0.717, 1.165) is 5.69 Å². The van der Waals surface area contributed by atoms with Gasteiger partial charge in [0, 0.05) is 10.6 Å². The van der Waals surface area contributed by atoms with E-state index in [0.29, 0.717) is 16.9 Å². The Morgan fingerprint density at radius 1 is 0.955 bits per heavy atom. The molecule has 1 aliphatic heterocycles. The maximum atomic E-state index is 9.00. The third-order valence-electron chi connectivity index (χ3n) is 4.02. The molecule has 4 rings (SSSR count). The van der Waals surface area contributed by atoms with Crippen molar-refractivity contribution in [2.24, 2.45) is 0 Å². The molecule has 0 amide bonds. The van der Waals surface area contributed by atoms with Gasteiger partial charge in [0.1, 0.15) is 0 Å². The van der Waals surface area contributed by atoms with Gasteiger partial charge in [0.15, 0.2) is 0 Å². The number of fused-ring (bicyclic) bond motifs is 2. The van der Waals surface area contributed by atoms with Crippen molar-refractivity contribution in [3.8, 4) is 6.07 Å². The molecule has 0 N–H and O–H groups in total. The number of benzene rings is 2. The Labute approximate surface area is 134 Å². The van der Waals surface area contributed by atoms with Gasteiger partial charge in [-0.25, -0.2) is 0 Å². The first kappa shape index (κ1) is 13.2. The average Bonchev–Trinajstić information content (AvgIpc) is 2.60. The smallest absolute Gasteiger partial charge is 0.0991 e. The van der Waals surface area contributed by atoms with E-state index in [-0.39, 0.29) is 0 Å². The zero-order chi connectivity index (χ0) is 14.9. The van der Waals surface area contributed by atoms with E-state index < -0.39 is 0 Å². The third-order valence-corrected chi connectivity index (χ3v) is 5.32. The molecular weight excluding hydrogens is 288 g/mol. The number of rotatable bonds is 1. The quantitative estimate of drug-likeness (QED) is 0.766. The van der Waals surface area contributed by atoms with E-state index in [9.17, 15) is 0 Å². The Bertz CT molecular complexity index is 799. The first-order valence-corrected chi connectivity index (χ1v) is 8.15. The van der Waals surface area contributed by atoms with Crippen LogP contribution in [0, 0.1) is 11.3 Å². The number of anilines is 2. The van der Waals surface area contributed by atoms with Gasteiger partial charge in [-0.15, -0.1) is 11.8 Å². The largest absolute Gasteiger partial charge is 0.332 e. The lowest BCUT2D eigenvalue weighted by Gasteiger charge is -2.42. The maximum absolute atomic E-state index is 9.00. The van der Waals surface area contributed by atoms with Crippen LogP contribution in [0.1, 0.15) is 5.56 Å². The molecule has 0 aromatic heterocycles. The molecule has 22 heavy (non-hydrogen) atoms. The molecule has 3 heteroatoms. The molecule has 2 atom stereocenters. The minimum absolute atomic E-state index is 0.304. The van der Waals surface area contributed by atoms with Crippen LogP contribution in [-0.2, 0) is 0 Å². The number of nitriles is 1. The highest BCUT2D eigenvalue weighted by atomic mass is 32.2. The zero-order valence-electron chi connectivity index (χ0n) is 11.9.